The maximum atomic E-state index is 5.99. The van der Waals surface area contributed by atoms with Crippen LogP contribution in [-0.2, 0) is 0 Å². The van der Waals surface area contributed by atoms with Crippen LogP contribution in [0.25, 0.3) is 0 Å². The lowest BCUT2D eigenvalue weighted by Gasteiger charge is -2.22. The molecule has 0 radical (unpaired) electrons. The van der Waals surface area contributed by atoms with Crippen LogP contribution in [0, 0.1) is 0 Å². The summed E-state index contributed by atoms with van der Waals surface area (Å²) in [5.41, 5.74) is 0. The van der Waals surface area contributed by atoms with Gasteiger partial charge in [-0.25, -0.2) is 0 Å². The molecule has 0 aliphatic carbocycles. The third kappa shape index (κ3) is 2.99. The van der Waals surface area contributed by atoms with Crippen LogP contribution in [0.5, 0.6) is 0 Å². The molecule has 0 aliphatic rings. The monoisotopic (exact) mass is 608 g/mol. The Kier molecular flexibility index (Phi) is 4.78. The van der Waals surface area contributed by atoms with Crippen molar-refractivity contribution in [3.8, 4) is 0 Å². The molecule has 0 fully saturated rings. The smallest absolute Gasteiger partial charge is 0.344 e. The third-order valence-corrected chi connectivity index (χ3v) is 9.51. The van der Waals surface area contributed by atoms with Crippen molar-refractivity contribution in [1.29, 1.82) is 0 Å². The van der Waals surface area contributed by atoms with Crippen LogP contribution in [0.3, 0.4) is 0 Å². The van der Waals surface area contributed by atoms with Crippen LogP contribution in [0.1, 0.15) is 0 Å². The quantitative estimate of drug-likeness (QED) is 0.320. The van der Waals surface area contributed by atoms with E-state index in [0.29, 0.717) is 18.7 Å². The van der Waals surface area contributed by atoms with E-state index >= 15 is 0 Å². The molecule has 0 aromatic carbocycles. The molecule has 128 valence electrons. The van der Waals surface area contributed by atoms with Gasteiger partial charge in [0.1, 0.15) is 21.5 Å². The highest BCUT2D eigenvalue weighted by atomic mass is 79.9. The normalized spacial score (nSPS) is 12.0. The second kappa shape index (κ2) is 6.77. The molecule has 9 heteroatoms. The fourth-order valence-electron chi connectivity index (χ4n) is 2.79. The first kappa shape index (κ1) is 17.7. The minimum absolute atomic E-state index is 0.626. The summed E-state index contributed by atoms with van der Waals surface area (Å²) in [4.78, 5) is 0. The van der Waals surface area contributed by atoms with Crippen molar-refractivity contribution < 1.29 is 17.7 Å². The molecule has 0 saturated heterocycles. The van der Waals surface area contributed by atoms with E-state index in [1.54, 1.807) is 0 Å². The van der Waals surface area contributed by atoms with Crippen molar-refractivity contribution in [2.75, 3.05) is 0 Å². The number of halogens is 4. The van der Waals surface area contributed by atoms with Crippen molar-refractivity contribution in [3.05, 3.63) is 67.2 Å². The lowest BCUT2D eigenvalue weighted by atomic mass is 10.7. The van der Waals surface area contributed by atoms with Crippen molar-refractivity contribution in [2.45, 2.75) is 0 Å². The average molecular weight is 612 g/mol. The van der Waals surface area contributed by atoms with E-state index in [1.807, 2.05) is 48.5 Å². The highest BCUT2D eigenvalue weighted by Crippen LogP contribution is 2.21. The van der Waals surface area contributed by atoms with E-state index in [0.717, 1.165) is 21.5 Å². The maximum Gasteiger partial charge on any atom is 0.344 e. The van der Waals surface area contributed by atoms with E-state index in [2.05, 4.69) is 63.7 Å². The number of hydrogen-bond acceptors (Lipinski definition) is 4. The molecule has 4 heterocycles. The van der Waals surface area contributed by atoms with Crippen LogP contribution in [0.2, 0.25) is 0 Å². The summed E-state index contributed by atoms with van der Waals surface area (Å²) in [6, 6.07) is 15.1. The number of furan rings is 4. The van der Waals surface area contributed by atoms with Crippen LogP contribution < -0.4 is 21.5 Å². The van der Waals surface area contributed by atoms with E-state index in [4.69, 9.17) is 17.7 Å². The zero-order valence-corrected chi connectivity index (χ0v) is 19.6. The topological polar surface area (TPSA) is 52.6 Å². The molecule has 4 aromatic heterocycles. The van der Waals surface area contributed by atoms with Gasteiger partial charge in [-0.1, -0.05) is 0 Å². The predicted octanol–water partition coefficient (Wildman–Crippen LogP) is 4.49. The predicted molar refractivity (Wildman–Crippen MR) is 110 cm³/mol. The lowest BCUT2D eigenvalue weighted by Crippen LogP contribution is -2.73. The fourth-order valence-corrected chi connectivity index (χ4v) is 8.46. The molecule has 0 N–H and O–H groups in total. The third-order valence-electron chi connectivity index (χ3n) is 3.77. The van der Waals surface area contributed by atoms with E-state index in [1.165, 1.54) is 0 Å². The highest BCUT2D eigenvalue weighted by molar-refractivity contribution is 9.11. The molecule has 0 bridgehead atoms. The molecule has 0 saturated carbocycles. The first-order valence-corrected chi connectivity index (χ1v) is 12.2. The Labute approximate surface area is 177 Å². The van der Waals surface area contributed by atoms with Crippen molar-refractivity contribution in [2.24, 2.45) is 0 Å². The van der Waals surface area contributed by atoms with E-state index in [-0.39, 0.29) is 0 Å². The van der Waals surface area contributed by atoms with Crippen molar-refractivity contribution in [3.63, 3.8) is 0 Å². The second-order valence-electron chi connectivity index (χ2n) is 5.17. The van der Waals surface area contributed by atoms with Gasteiger partial charge in [0, 0.05) is 0 Å². The summed E-state index contributed by atoms with van der Waals surface area (Å²) in [5, 5.41) is 2.91. The SMILES string of the molecule is Brc1ccc([Si](c2ccc(Br)o2)(c2ccc(Br)o2)c2ccc(Br)o2)o1. The summed E-state index contributed by atoms with van der Waals surface area (Å²) in [6.45, 7) is 0. The Morgan fingerprint density at radius 1 is 0.440 bits per heavy atom. The maximum absolute atomic E-state index is 5.99. The van der Waals surface area contributed by atoms with Gasteiger partial charge in [-0.3, -0.25) is 0 Å². The van der Waals surface area contributed by atoms with Crippen molar-refractivity contribution in [1.82, 2.24) is 0 Å². The van der Waals surface area contributed by atoms with Crippen LogP contribution in [-0.4, -0.2) is 8.07 Å². The number of rotatable bonds is 4. The molecule has 0 atom stereocenters. The minimum Gasteiger partial charge on any atom is -0.458 e. The largest absolute Gasteiger partial charge is 0.458 e. The van der Waals surface area contributed by atoms with Crippen LogP contribution in [0.4, 0.5) is 0 Å². The fraction of sp³-hybridized carbons (Fsp3) is 0. The zero-order valence-electron chi connectivity index (χ0n) is 12.3. The van der Waals surface area contributed by atoms with Gasteiger partial charge < -0.3 is 17.7 Å². The van der Waals surface area contributed by atoms with Crippen LogP contribution >= 0.6 is 63.7 Å². The Balaban J connectivity index is 2.11. The molecule has 4 aromatic rings. The minimum atomic E-state index is -3.00. The Morgan fingerprint density at radius 2 is 0.680 bits per heavy atom. The Hall–Kier alpha value is -0.743. The molecule has 4 nitrogen and oxygen atoms in total. The van der Waals surface area contributed by atoms with Gasteiger partial charge in [0.2, 0.25) is 0 Å². The molecule has 4 rings (SSSR count). The zero-order chi connectivity index (χ0) is 17.6. The Bertz CT molecular complexity index is 862. The molecule has 0 aliphatic heterocycles. The van der Waals surface area contributed by atoms with Gasteiger partial charge in [-0.2, -0.15) is 0 Å². The summed E-state index contributed by atoms with van der Waals surface area (Å²) < 4.78 is 26.5. The van der Waals surface area contributed by atoms with E-state index < -0.39 is 8.07 Å². The molecule has 0 amide bonds. The van der Waals surface area contributed by atoms with E-state index in [9.17, 15) is 0 Å². The first-order valence-electron chi connectivity index (χ1n) is 7.03. The average Bonchev–Trinajstić information content (AvgIpc) is 3.33. The summed E-state index contributed by atoms with van der Waals surface area (Å²) in [7, 11) is -3.00. The molecule has 25 heavy (non-hydrogen) atoms. The summed E-state index contributed by atoms with van der Waals surface area (Å²) in [5.74, 6) is 0. The van der Waals surface area contributed by atoms with Gasteiger partial charge in [0.05, 0.1) is 0 Å². The Morgan fingerprint density at radius 3 is 0.840 bits per heavy atom. The van der Waals surface area contributed by atoms with Gasteiger partial charge in [0.15, 0.2) is 18.7 Å². The standard InChI is InChI=1S/C16H8Br4O4Si/c17-9-1-5-13(21-9)25(14-6-2-10(18)22-14,15-7-3-11(19)23-15)16-8-4-12(20)24-16/h1-8H. The van der Waals surface area contributed by atoms with Gasteiger partial charge in [-0.05, 0) is 112 Å². The molecular formula is C16H8Br4O4Si. The second-order valence-corrected chi connectivity index (χ2v) is 11.8. The summed E-state index contributed by atoms with van der Waals surface area (Å²) in [6.07, 6.45) is 0. The number of hydrogen-bond donors (Lipinski definition) is 0. The van der Waals surface area contributed by atoms with Gasteiger partial charge in [-0.15, -0.1) is 0 Å². The van der Waals surface area contributed by atoms with Crippen LogP contribution in [0.15, 0.2) is 84.9 Å². The summed E-state index contributed by atoms with van der Waals surface area (Å²) >= 11 is 13.6. The lowest BCUT2D eigenvalue weighted by molar-refractivity contribution is 0.536. The first-order chi connectivity index (χ1) is 12.0. The molecule has 0 unspecified atom stereocenters. The highest BCUT2D eigenvalue weighted by Gasteiger charge is 2.54. The van der Waals surface area contributed by atoms with Crippen molar-refractivity contribution >= 4 is 93.3 Å². The molecule has 0 spiro atoms. The van der Waals surface area contributed by atoms with Gasteiger partial charge >= 0.3 is 8.07 Å². The molecular weight excluding hydrogens is 604 g/mol. The van der Waals surface area contributed by atoms with Gasteiger partial charge in [0.25, 0.3) is 0 Å².